The second-order valence-electron chi connectivity index (χ2n) is 5.42. The molecule has 108 valence electrons. The Morgan fingerprint density at radius 1 is 1.00 bits per heavy atom. The van der Waals surface area contributed by atoms with Crippen molar-refractivity contribution in [2.45, 2.75) is 5.92 Å². The molecule has 1 fully saturated rings. The number of aromatic nitrogens is 3. The van der Waals surface area contributed by atoms with Crippen molar-refractivity contribution in [1.82, 2.24) is 19.9 Å². The summed E-state index contributed by atoms with van der Waals surface area (Å²) < 4.78 is 0. The van der Waals surface area contributed by atoms with Gasteiger partial charge in [-0.2, -0.15) is 0 Å². The lowest BCUT2D eigenvalue weighted by atomic mass is 9.91. The Bertz CT molecular complexity index is 823. The minimum absolute atomic E-state index is 0.0245. The summed E-state index contributed by atoms with van der Waals surface area (Å²) in [6, 6.07) is 9.56. The summed E-state index contributed by atoms with van der Waals surface area (Å²) >= 11 is 0. The van der Waals surface area contributed by atoms with Crippen LogP contribution in [0.15, 0.2) is 55.1 Å². The Labute approximate surface area is 127 Å². The van der Waals surface area contributed by atoms with Crippen LogP contribution < -0.4 is 0 Å². The van der Waals surface area contributed by atoms with E-state index in [1.165, 1.54) is 5.56 Å². The zero-order chi connectivity index (χ0) is 14.9. The fourth-order valence-electron chi connectivity index (χ4n) is 2.83. The van der Waals surface area contributed by atoms with Crippen LogP contribution >= 0.6 is 0 Å². The predicted molar refractivity (Wildman–Crippen MR) is 82.4 cm³/mol. The maximum absolute atomic E-state index is 12.7. The third kappa shape index (κ3) is 2.11. The zero-order valence-electron chi connectivity index (χ0n) is 11.9. The number of hydrogen-bond donors (Lipinski definition) is 0. The minimum atomic E-state index is 0.0245. The van der Waals surface area contributed by atoms with E-state index >= 15 is 0 Å². The first-order chi connectivity index (χ1) is 10.8. The van der Waals surface area contributed by atoms with Gasteiger partial charge in [0.05, 0.1) is 11.1 Å². The fraction of sp³-hybridized carbons (Fsp3) is 0.176. The average Bonchev–Trinajstić information content (AvgIpc) is 2.54. The molecule has 1 amide bonds. The largest absolute Gasteiger partial charge is 0.337 e. The van der Waals surface area contributed by atoms with Gasteiger partial charge < -0.3 is 4.90 Å². The number of hydrogen-bond acceptors (Lipinski definition) is 4. The van der Waals surface area contributed by atoms with Crippen molar-refractivity contribution in [2.75, 3.05) is 13.1 Å². The molecule has 5 nitrogen and oxygen atoms in total. The SMILES string of the molecule is O=C(c1cccc2nccnc12)N1CC(c2ccncc2)C1. The van der Waals surface area contributed by atoms with Crippen LogP contribution in [-0.4, -0.2) is 38.8 Å². The molecular formula is C17H14N4O. The molecule has 0 atom stereocenters. The highest BCUT2D eigenvalue weighted by Crippen LogP contribution is 2.28. The minimum Gasteiger partial charge on any atom is -0.337 e. The lowest BCUT2D eigenvalue weighted by molar-refractivity contribution is 0.0604. The molecule has 0 aliphatic carbocycles. The van der Waals surface area contributed by atoms with Gasteiger partial charge in [0.15, 0.2) is 0 Å². The van der Waals surface area contributed by atoms with E-state index in [0.717, 1.165) is 18.6 Å². The van der Waals surface area contributed by atoms with Gasteiger partial charge in [0, 0.05) is 43.8 Å². The number of para-hydroxylation sites is 1. The molecule has 1 saturated heterocycles. The molecule has 1 aliphatic heterocycles. The van der Waals surface area contributed by atoms with E-state index in [0.29, 0.717) is 17.0 Å². The van der Waals surface area contributed by atoms with Crippen LogP contribution in [0.1, 0.15) is 21.8 Å². The Hall–Kier alpha value is -2.82. The molecule has 3 aromatic rings. The monoisotopic (exact) mass is 290 g/mol. The molecule has 0 bridgehead atoms. The first-order valence-corrected chi connectivity index (χ1v) is 7.22. The fourth-order valence-corrected chi connectivity index (χ4v) is 2.83. The summed E-state index contributed by atoms with van der Waals surface area (Å²) in [6.07, 6.45) is 6.84. The summed E-state index contributed by atoms with van der Waals surface area (Å²) in [6.45, 7) is 1.47. The average molecular weight is 290 g/mol. The van der Waals surface area contributed by atoms with E-state index in [-0.39, 0.29) is 5.91 Å². The maximum Gasteiger partial charge on any atom is 0.256 e. The highest BCUT2D eigenvalue weighted by molar-refractivity contribution is 6.04. The Morgan fingerprint density at radius 3 is 2.59 bits per heavy atom. The molecular weight excluding hydrogens is 276 g/mol. The van der Waals surface area contributed by atoms with Crippen LogP contribution in [0.3, 0.4) is 0 Å². The number of carbonyl (C=O) groups excluding carboxylic acids is 1. The summed E-state index contributed by atoms with van der Waals surface area (Å²) in [5, 5.41) is 0. The van der Waals surface area contributed by atoms with Crippen LogP contribution in [0.4, 0.5) is 0 Å². The number of fused-ring (bicyclic) bond motifs is 1. The number of benzene rings is 1. The van der Waals surface area contributed by atoms with Crippen molar-refractivity contribution in [3.8, 4) is 0 Å². The van der Waals surface area contributed by atoms with Gasteiger partial charge >= 0.3 is 0 Å². The smallest absolute Gasteiger partial charge is 0.256 e. The molecule has 0 saturated carbocycles. The van der Waals surface area contributed by atoms with Crippen molar-refractivity contribution in [3.05, 3.63) is 66.2 Å². The Kier molecular flexibility index (Phi) is 3.04. The number of rotatable bonds is 2. The molecule has 0 N–H and O–H groups in total. The van der Waals surface area contributed by atoms with Crippen molar-refractivity contribution in [1.29, 1.82) is 0 Å². The molecule has 4 rings (SSSR count). The molecule has 1 aliphatic rings. The highest BCUT2D eigenvalue weighted by Gasteiger charge is 2.32. The lowest BCUT2D eigenvalue weighted by Crippen LogP contribution is -2.48. The summed E-state index contributed by atoms with van der Waals surface area (Å²) in [5.74, 6) is 0.421. The third-order valence-electron chi connectivity index (χ3n) is 4.08. The summed E-state index contributed by atoms with van der Waals surface area (Å²) in [7, 11) is 0. The molecule has 0 spiro atoms. The molecule has 22 heavy (non-hydrogen) atoms. The normalized spacial score (nSPS) is 14.8. The topological polar surface area (TPSA) is 59.0 Å². The maximum atomic E-state index is 12.7. The quantitative estimate of drug-likeness (QED) is 0.726. The number of pyridine rings is 1. The molecule has 0 unspecified atom stereocenters. The highest BCUT2D eigenvalue weighted by atomic mass is 16.2. The van der Waals surface area contributed by atoms with Gasteiger partial charge in [-0.1, -0.05) is 6.07 Å². The number of nitrogens with zero attached hydrogens (tertiary/aromatic N) is 4. The van der Waals surface area contributed by atoms with E-state index < -0.39 is 0 Å². The van der Waals surface area contributed by atoms with Gasteiger partial charge in [-0.3, -0.25) is 19.7 Å². The van der Waals surface area contributed by atoms with E-state index in [4.69, 9.17) is 0 Å². The predicted octanol–water partition coefficient (Wildman–Crippen LogP) is 2.26. The Balaban J connectivity index is 1.56. The molecule has 2 aromatic heterocycles. The standard InChI is InChI=1S/C17H14N4O/c22-17(14-2-1-3-15-16(14)20-9-8-19-15)21-10-13(11-21)12-4-6-18-7-5-12/h1-9,13H,10-11H2. The van der Waals surface area contributed by atoms with Gasteiger partial charge in [-0.25, -0.2) is 0 Å². The van der Waals surface area contributed by atoms with Crippen LogP contribution in [0.5, 0.6) is 0 Å². The lowest BCUT2D eigenvalue weighted by Gasteiger charge is -2.39. The van der Waals surface area contributed by atoms with Gasteiger partial charge in [-0.05, 0) is 29.8 Å². The summed E-state index contributed by atoms with van der Waals surface area (Å²) in [4.78, 5) is 27.1. The molecule has 0 radical (unpaired) electrons. The van der Waals surface area contributed by atoms with Gasteiger partial charge in [0.2, 0.25) is 0 Å². The summed E-state index contributed by atoms with van der Waals surface area (Å²) in [5.41, 5.74) is 3.28. The van der Waals surface area contributed by atoms with Crippen molar-refractivity contribution in [2.24, 2.45) is 0 Å². The van der Waals surface area contributed by atoms with Crippen LogP contribution in [-0.2, 0) is 0 Å². The van der Waals surface area contributed by atoms with Crippen molar-refractivity contribution < 1.29 is 4.79 Å². The first kappa shape index (κ1) is 12.9. The molecule has 3 heterocycles. The zero-order valence-corrected chi connectivity index (χ0v) is 11.9. The van der Waals surface area contributed by atoms with E-state index in [1.54, 1.807) is 24.8 Å². The van der Waals surface area contributed by atoms with Gasteiger partial charge in [-0.15, -0.1) is 0 Å². The molecule has 1 aromatic carbocycles. The van der Waals surface area contributed by atoms with Crippen LogP contribution in [0.25, 0.3) is 11.0 Å². The second-order valence-corrected chi connectivity index (χ2v) is 5.42. The van der Waals surface area contributed by atoms with Crippen molar-refractivity contribution >= 4 is 16.9 Å². The van der Waals surface area contributed by atoms with Crippen LogP contribution in [0.2, 0.25) is 0 Å². The Morgan fingerprint density at radius 2 is 1.77 bits per heavy atom. The van der Waals surface area contributed by atoms with Gasteiger partial charge in [0.25, 0.3) is 5.91 Å². The van der Waals surface area contributed by atoms with E-state index in [9.17, 15) is 4.79 Å². The second kappa shape index (κ2) is 5.18. The third-order valence-corrected chi connectivity index (χ3v) is 4.08. The number of amides is 1. The van der Waals surface area contributed by atoms with Crippen molar-refractivity contribution in [3.63, 3.8) is 0 Å². The van der Waals surface area contributed by atoms with Gasteiger partial charge in [0.1, 0.15) is 5.52 Å². The van der Waals surface area contributed by atoms with Crippen LogP contribution in [0, 0.1) is 0 Å². The first-order valence-electron chi connectivity index (χ1n) is 7.22. The van der Waals surface area contributed by atoms with E-state index in [2.05, 4.69) is 15.0 Å². The number of likely N-dealkylation sites (tertiary alicyclic amines) is 1. The molecule has 5 heteroatoms. The number of carbonyl (C=O) groups is 1. The van der Waals surface area contributed by atoms with E-state index in [1.807, 2.05) is 35.2 Å².